The Hall–Kier alpha value is -0.200. The van der Waals surface area contributed by atoms with Gasteiger partial charge in [0.2, 0.25) is 10.0 Å². The summed E-state index contributed by atoms with van der Waals surface area (Å²) in [6, 6.07) is 0. The van der Waals surface area contributed by atoms with Crippen molar-refractivity contribution in [2.75, 3.05) is 12.3 Å². The molecule has 0 amide bonds. The second-order valence-corrected chi connectivity index (χ2v) is 7.47. The number of thiocarbonyl (C=S) groups is 1. The Morgan fingerprint density at radius 1 is 1.31 bits per heavy atom. The molecule has 0 rings (SSSR count). The molecule has 0 saturated carbocycles. The molecule has 4 nitrogen and oxygen atoms in total. The Labute approximate surface area is 104 Å². The maximum absolute atomic E-state index is 11.6. The van der Waals surface area contributed by atoms with E-state index in [-0.39, 0.29) is 11.2 Å². The van der Waals surface area contributed by atoms with Gasteiger partial charge in [-0.3, -0.25) is 0 Å². The predicted octanol–water partition coefficient (Wildman–Crippen LogP) is 1.41. The molecule has 0 aliphatic rings. The summed E-state index contributed by atoms with van der Waals surface area (Å²) in [5.41, 5.74) is 5.12. The Balaban J connectivity index is 3.80. The molecule has 3 N–H and O–H groups in total. The van der Waals surface area contributed by atoms with Gasteiger partial charge >= 0.3 is 0 Å². The maximum atomic E-state index is 11.6. The predicted molar refractivity (Wildman–Crippen MR) is 71.9 cm³/mol. The first kappa shape index (κ1) is 15.8. The van der Waals surface area contributed by atoms with Gasteiger partial charge < -0.3 is 5.73 Å². The van der Waals surface area contributed by atoms with E-state index >= 15 is 0 Å². The molecule has 0 fully saturated rings. The minimum absolute atomic E-state index is 0.148. The molecule has 0 spiro atoms. The van der Waals surface area contributed by atoms with E-state index < -0.39 is 10.0 Å². The maximum Gasteiger partial charge on any atom is 0.212 e. The Morgan fingerprint density at radius 2 is 1.88 bits per heavy atom. The zero-order chi connectivity index (χ0) is 12.8. The second-order valence-electron chi connectivity index (χ2n) is 5.14. The summed E-state index contributed by atoms with van der Waals surface area (Å²) in [6.07, 6.45) is 2.27. The van der Waals surface area contributed by atoms with Crippen LogP contribution in [0.25, 0.3) is 0 Å². The highest BCUT2D eigenvalue weighted by Gasteiger charge is 2.20. The number of unbranched alkanes of at least 4 members (excludes halogenated alkanes) is 1. The average molecular weight is 266 g/mol. The van der Waals surface area contributed by atoms with Crippen LogP contribution in [0, 0.1) is 5.41 Å². The smallest absolute Gasteiger partial charge is 0.212 e. The Bertz CT molecular complexity index is 318. The molecular formula is C10H22N2O2S2. The fraction of sp³-hybridized carbons (Fsp3) is 0.900. The summed E-state index contributed by atoms with van der Waals surface area (Å²) in [6.45, 7) is 6.16. The molecular weight excluding hydrogens is 244 g/mol. The fourth-order valence-electron chi connectivity index (χ4n) is 1.27. The molecule has 0 atom stereocenters. The molecule has 0 aliphatic heterocycles. The highest BCUT2D eigenvalue weighted by molar-refractivity contribution is 7.89. The lowest BCUT2D eigenvalue weighted by molar-refractivity contribution is 0.457. The van der Waals surface area contributed by atoms with Gasteiger partial charge in [0.05, 0.1) is 10.7 Å². The number of sulfonamides is 1. The van der Waals surface area contributed by atoms with Crippen LogP contribution in [0.15, 0.2) is 0 Å². The van der Waals surface area contributed by atoms with Gasteiger partial charge in [0.25, 0.3) is 0 Å². The van der Waals surface area contributed by atoms with Crippen molar-refractivity contribution in [3.05, 3.63) is 0 Å². The number of nitrogens with two attached hydrogens (primary N) is 1. The molecule has 0 unspecified atom stereocenters. The lowest BCUT2D eigenvalue weighted by Gasteiger charge is -2.18. The lowest BCUT2D eigenvalue weighted by Crippen LogP contribution is -2.33. The molecule has 0 aromatic carbocycles. The van der Waals surface area contributed by atoms with Gasteiger partial charge in [-0.15, -0.1) is 0 Å². The van der Waals surface area contributed by atoms with Crippen molar-refractivity contribution in [2.24, 2.45) is 11.1 Å². The summed E-state index contributed by atoms with van der Waals surface area (Å²) in [5.74, 6) is 0.148. The van der Waals surface area contributed by atoms with Crippen molar-refractivity contribution >= 4 is 27.2 Å². The van der Waals surface area contributed by atoms with Crippen LogP contribution in [0.1, 0.15) is 40.0 Å². The van der Waals surface area contributed by atoms with Gasteiger partial charge in [-0.25, -0.2) is 13.1 Å². The van der Waals surface area contributed by atoms with E-state index in [1.807, 2.05) is 20.8 Å². The van der Waals surface area contributed by atoms with Crippen LogP contribution in [0.4, 0.5) is 0 Å². The van der Waals surface area contributed by atoms with E-state index in [1.54, 1.807) is 0 Å². The van der Waals surface area contributed by atoms with Crippen molar-refractivity contribution in [1.82, 2.24) is 4.72 Å². The monoisotopic (exact) mass is 266 g/mol. The number of hydrogen-bond donors (Lipinski definition) is 2. The first-order valence-corrected chi connectivity index (χ1v) is 7.44. The van der Waals surface area contributed by atoms with Crippen LogP contribution in [0.2, 0.25) is 0 Å². The summed E-state index contributed by atoms with van der Waals surface area (Å²) < 4.78 is 25.7. The second kappa shape index (κ2) is 6.51. The van der Waals surface area contributed by atoms with E-state index in [2.05, 4.69) is 4.72 Å². The topological polar surface area (TPSA) is 72.2 Å². The van der Waals surface area contributed by atoms with E-state index in [0.717, 1.165) is 12.8 Å². The lowest BCUT2D eigenvalue weighted by atomic mass is 10.0. The van der Waals surface area contributed by atoms with Crippen LogP contribution >= 0.6 is 12.2 Å². The van der Waals surface area contributed by atoms with Crippen LogP contribution in [-0.4, -0.2) is 25.7 Å². The number of nitrogens with one attached hydrogen (secondary N) is 1. The minimum atomic E-state index is -3.15. The van der Waals surface area contributed by atoms with Gasteiger partial charge in [0.15, 0.2) is 0 Å². The van der Waals surface area contributed by atoms with Crippen LogP contribution in [0.5, 0.6) is 0 Å². The molecule has 0 aromatic rings. The third kappa shape index (κ3) is 10.3. The summed E-state index contributed by atoms with van der Waals surface area (Å²) in [5, 5.41) is 0. The number of rotatable bonds is 7. The van der Waals surface area contributed by atoms with Gasteiger partial charge in [-0.1, -0.05) is 33.0 Å². The third-order valence-electron chi connectivity index (χ3n) is 1.79. The highest BCUT2D eigenvalue weighted by Crippen LogP contribution is 2.15. The van der Waals surface area contributed by atoms with Crippen LogP contribution in [-0.2, 0) is 10.0 Å². The van der Waals surface area contributed by atoms with Crippen molar-refractivity contribution in [1.29, 1.82) is 0 Å². The Morgan fingerprint density at radius 3 is 2.31 bits per heavy atom. The zero-order valence-electron chi connectivity index (χ0n) is 10.2. The van der Waals surface area contributed by atoms with Gasteiger partial charge in [-0.05, 0) is 24.7 Å². The van der Waals surface area contributed by atoms with Gasteiger partial charge in [-0.2, -0.15) is 0 Å². The molecule has 0 aliphatic carbocycles. The molecule has 6 heteroatoms. The van der Waals surface area contributed by atoms with Crippen molar-refractivity contribution in [2.45, 2.75) is 40.0 Å². The van der Waals surface area contributed by atoms with Gasteiger partial charge in [0.1, 0.15) is 0 Å². The van der Waals surface area contributed by atoms with Crippen molar-refractivity contribution < 1.29 is 8.42 Å². The third-order valence-corrected chi connectivity index (χ3v) is 3.89. The standard InChI is InChI=1S/C10H22N2O2S2/c1-10(2,3)8-16(13,14)12-7-5-4-6-9(11)15/h12H,4-8H2,1-3H3,(H2,11,15). The van der Waals surface area contributed by atoms with Gasteiger partial charge in [0, 0.05) is 6.54 Å². The summed E-state index contributed by atoms with van der Waals surface area (Å²) >= 11 is 4.73. The molecule has 0 saturated heterocycles. The Kier molecular flexibility index (Phi) is 6.43. The fourth-order valence-corrected chi connectivity index (χ4v) is 3.11. The van der Waals surface area contributed by atoms with E-state index in [1.165, 1.54) is 0 Å². The van der Waals surface area contributed by atoms with E-state index in [0.29, 0.717) is 18.0 Å². The summed E-state index contributed by atoms with van der Waals surface area (Å²) in [7, 11) is -3.15. The normalized spacial score (nSPS) is 12.7. The van der Waals surface area contributed by atoms with Crippen molar-refractivity contribution in [3.8, 4) is 0 Å². The highest BCUT2D eigenvalue weighted by atomic mass is 32.2. The molecule has 0 heterocycles. The van der Waals surface area contributed by atoms with Crippen LogP contribution < -0.4 is 10.5 Å². The first-order chi connectivity index (χ1) is 7.12. The molecule has 96 valence electrons. The first-order valence-electron chi connectivity index (χ1n) is 5.38. The van der Waals surface area contributed by atoms with Crippen molar-refractivity contribution in [3.63, 3.8) is 0 Å². The van der Waals surface area contributed by atoms with Crippen LogP contribution in [0.3, 0.4) is 0 Å². The number of hydrogen-bond acceptors (Lipinski definition) is 3. The quantitative estimate of drug-likeness (QED) is 0.540. The van der Waals surface area contributed by atoms with E-state index in [9.17, 15) is 8.42 Å². The molecule has 0 aromatic heterocycles. The SMILES string of the molecule is CC(C)(C)CS(=O)(=O)NCCCCC(N)=S. The molecule has 0 bridgehead atoms. The molecule has 16 heavy (non-hydrogen) atoms. The molecule has 0 radical (unpaired) electrons. The average Bonchev–Trinajstić information content (AvgIpc) is 1.97. The minimum Gasteiger partial charge on any atom is -0.393 e. The largest absolute Gasteiger partial charge is 0.393 e. The zero-order valence-corrected chi connectivity index (χ0v) is 11.9. The van der Waals surface area contributed by atoms with E-state index in [4.69, 9.17) is 18.0 Å². The summed E-state index contributed by atoms with van der Waals surface area (Å²) in [4.78, 5) is 0.484.